The number of hydrogen-bond donors (Lipinski definition) is 2. The zero-order valence-electron chi connectivity index (χ0n) is 13.8. The zero-order chi connectivity index (χ0) is 18.8. The van der Waals surface area contributed by atoms with Crippen LogP contribution >= 0.6 is 0 Å². The summed E-state index contributed by atoms with van der Waals surface area (Å²) in [5.41, 5.74) is 2.87. The number of H-pyrrole nitrogens is 1. The quantitative estimate of drug-likeness (QED) is 0.502. The van der Waals surface area contributed by atoms with Crippen LogP contribution in [0.5, 0.6) is 0 Å². The second-order valence-corrected chi connectivity index (χ2v) is 6.16. The third kappa shape index (κ3) is 4.82. The largest absolute Gasteiger partial charge is 0.456 e. The maximum atomic E-state index is 12.9. The van der Waals surface area contributed by atoms with Crippen LogP contribution in [-0.4, -0.2) is 33.9 Å². The number of ether oxygens (including phenoxy) is 1. The summed E-state index contributed by atoms with van der Waals surface area (Å²) in [5.74, 6) is -1.18. The summed E-state index contributed by atoms with van der Waals surface area (Å²) < 4.78 is 43.7. The van der Waals surface area contributed by atoms with Crippen molar-refractivity contribution in [2.75, 3.05) is 0 Å². The number of allylic oxidation sites excluding steroid dienone is 1. The first kappa shape index (κ1) is 18.5. The van der Waals surface area contributed by atoms with E-state index in [9.17, 15) is 18.0 Å². The topological polar surface area (TPSA) is 93.4 Å². The fourth-order valence-electron chi connectivity index (χ4n) is 1.84. The molecule has 0 saturated heterocycles. The molecule has 1 aromatic carbocycles. The van der Waals surface area contributed by atoms with E-state index in [0.717, 1.165) is 0 Å². The first-order valence-electron chi connectivity index (χ1n) is 7.26. The minimum absolute atomic E-state index is 0.0391. The predicted molar refractivity (Wildman–Crippen MR) is 87.4 cm³/mol. The number of benzene rings is 1. The van der Waals surface area contributed by atoms with Crippen molar-refractivity contribution in [1.82, 2.24) is 9.97 Å². The van der Waals surface area contributed by atoms with E-state index in [4.69, 9.17) is 10.5 Å². The first-order chi connectivity index (χ1) is 11.5. The Morgan fingerprint density at radius 3 is 2.48 bits per heavy atom. The summed E-state index contributed by atoms with van der Waals surface area (Å²) in [7, 11) is 0. The molecule has 25 heavy (non-hydrogen) atoms. The van der Waals surface area contributed by atoms with E-state index in [1.165, 1.54) is 20.8 Å². The third-order valence-corrected chi connectivity index (χ3v) is 2.91. The smallest absolute Gasteiger partial charge is 0.431 e. The molecule has 134 valence electrons. The predicted octanol–water partition coefficient (Wildman–Crippen LogP) is 3.38. The average Bonchev–Trinajstić information content (AvgIpc) is 2.87. The van der Waals surface area contributed by atoms with Crippen molar-refractivity contribution in [3.8, 4) is 0 Å². The number of aliphatic imine (C=N–C) groups is 1. The Hall–Kier alpha value is -2.84. The van der Waals surface area contributed by atoms with Crippen LogP contribution in [0.3, 0.4) is 0 Å². The van der Waals surface area contributed by atoms with Crippen molar-refractivity contribution >= 4 is 29.2 Å². The van der Waals surface area contributed by atoms with Gasteiger partial charge in [0.05, 0.1) is 11.0 Å². The number of carbonyl (C=O) groups excluding carboxylic acids is 1. The molecule has 0 spiro atoms. The number of aromatic amines is 1. The number of esters is 1. The summed E-state index contributed by atoms with van der Waals surface area (Å²) in [6.07, 6.45) is -4.19. The summed E-state index contributed by atoms with van der Waals surface area (Å²) in [6, 6.07) is 6.96. The van der Waals surface area contributed by atoms with Gasteiger partial charge in [0.15, 0.2) is 0 Å². The van der Waals surface area contributed by atoms with E-state index in [2.05, 4.69) is 15.0 Å². The molecule has 0 bridgehead atoms. The number of hydrogen-bond acceptors (Lipinski definition) is 5. The Kier molecular flexibility index (Phi) is 4.87. The fraction of sp³-hybridized carbons (Fsp3) is 0.312. The van der Waals surface area contributed by atoms with Crippen molar-refractivity contribution in [3.05, 3.63) is 35.5 Å². The van der Waals surface area contributed by atoms with Crippen LogP contribution in [-0.2, 0) is 9.53 Å². The lowest BCUT2D eigenvalue weighted by atomic mass is 10.1. The summed E-state index contributed by atoms with van der Waals surface area (Å²) >= 11 is 0. The number of nitrogens with one attached hydrogen (secondary N) is 1. The molecular formula is C16H17F3N4O2. The number of fused-ring (bicyclic) bond motifs is 1. The number of imidazole rings is 1. The van der Waals surface area contributed by atoms with Crippen molar-refractivity contribution < 1.29 is 22.7 Å². The second kappa shape index (κ2) is 6.58. The van der Waals surface area contributed by atoms with Gasteiger partial charge < -0.3 is 15.5 Å². The van der Waals surface area contributed by atoms with Gasteiger partial charge in [0.2, 0.25) is 5.95 Å². The normalized spacial score (nSPS) is 14.0. The van der Waals surface area contributed by atoms with Gasteiger partial charge in [-0.1, -0.05) is 12.1 Å². The van der Waals surface area contributed by atoms with Crippen LogP contribution in [0.25, 0.3) is 11.0 Å². The molecule has 0 amide bonds. The molecular weight excluding hydrogens is 337 g/mol. The van der Waals surface area contributed by atoms with Gasteiger partial charge in [-0.3, -0.25) is 0 Å². The highest BCUT2D eigenvalue weighted by Crippen LogP contribution is 2.25. The number of nitrogens with zero attached hydrogens (tertiary/aromatic N) is 2. The minimum Gasteiger partial charge on any atom is -0.456 e. The Bertz CT molecular complexity index is 812. The number of nitrogens with two attached hydrogens (primary N) is 1. The third-order valence-electron chi connectivity index (χ3n) is 2.91. The zero-order valence-corrected chi connectivity index (χ0v) is 13.8. The number of halogens is 3. The molecule has 0 atom stereocenters. The van der Waals surface area contributed by atoms with Gasteiger partial charge in [-0.25, -0.2) is 14.8 Å². The Morgan fingerprint density at radius 2 is 1.92 bits per heavy atom. The fourth-order valence-corrected chi connectivity index (χ4v) is 1.84. The van der Waals surface area contributed by atoms with Crippen molar-refractivity contribution in [3.63, 3.8) is 0 Å². The van der Waals surface area contributed by atoms with Gasteiger partial charge in [-0.15, -0.1) is 0 Å². The van der Waals surface area contributed by atoms with E-state index < -0.39 is 29.0 Å². The Balaban J connectivity index is 2.40. The number of carbonyl (C=O) groups is 1. The van der Waals surface area contributed by atoms with Crippen molar-refractivity contribution in [2.24, 2.45) is 10.7 Å². The van der Waals surface area contributed by atoms with E-state index in [1.807, 2.05) is 0 Å². The number of para-hydroxylation sites is 2. The van der Waals surface area contributed by atoms with Crippen molar-refractivity contribution in [1.29, 1.82) is 0 Å². The molecule has 0 aliphatic rings. The van der Waals surface area contributed by atoms with Gasteiger partial charge in [-0.2, -0.15) is 13.2 Å². The lowest BCUT2D eigenvalue weighted by molar-refractivity contribution is -0.150. The highest BCUT2D eigenvalue weighted by Gasteiger charge is 2.37. The minimum atomic E-state index is -4.90. The SMILES string of the molecule is CC(C)(C)OC(=O)C(C=Nc1nc2ccccc2[nH]1)=C(N)C(F)(F)F. The van der Waals surface area contributed by atoms with Crippen LogP contribution < -0.4 is 5.73 Å². The van der Waals surface area contributed by atoms with Crippen LogP contribution in [0.1, 0.15) is 20.8 Å². The molecule has 0 fully saturated rings. The van der Waals surface area contributed by atoms with Crippen LogP contribution in [0.4, 0.5) is 19.1 Å². The molecule has 0 saturated carbocycles. The second-order valence-electron chi connectivity index (χ2n) is 6.16. The molecule has 2 aromatic rings. The van der Waals surface area contributed by atoms with Gasteiger partial charge >= 0.3 is 12.1 Å². The number of alkyl halides is 3. The molecule has 1 heterocycles. The van der Waals surface area contributed by atoms with Gasteiger partial charge in [0.25, 0.3) is 0 Å². The molecule has 0 unspecified atom stereocenters. The van der Waals surface area contributed by atoms with Crippen LogP contribution in [0, 0.1) is 0 Å². The maximum absolute atomic E-state index is 12.9. The highest BCUT2D eigenvalue weighted by molar-refractivity contribution is 6.10. The standard InChI is InChI=1S/C16H17F3N4O2/c1-15(2,3)25-13(24)9(12(20)16(17,18)19)8-21-14-22-10-6-4-5-7-11(10)23-14/h4-8H,20H2,1-3H3,(H,22,23). The molecule has 0 radical (unpaired) electrons. The molecule has 0 aliphatic heterocycles. The molecule has 3 N–H and O–H groups in total. The Morgan fingerprint density at radius 1 is 1.28 bits per heavy atom. The molecule has 9 heteroatoms. The van der Waals surface area contributed by atoms with Crippen LogP contribution in [0.2, 0.25) is 0 Å². The van der Waals surface area contributed by atoms with Crippen molar-refractivity contribution in [2.45, 2.75) is 32.5 Å². The van der Waals surface area contributed by atoms with E-state index >= 15 is 0 Å². The lowest BCUT2D eigenvalue weighted by Gasteiger charge is -2.20. The van der Waals surface area contributed by atoms with E-state index in [1.54, 1.807) is 24.3 Å². The molecule has 1 aromatic heterocycles. The number of rotatable bonds is 3. The number of aromatic nitrogens is 2. The average molecular weight is 354 g/mol. The first-order valence-corrected chi connectivity index (χ1v) is 7.26. The summed E-state index contributed by atoms with van der Waals surface area (Å²) in [5, 5.41) is 0. The molecule has 6 nitrogen and oxygen atoms in total. The molecule has 0 aliphatic carbocycles. The molecule has 2 rings (SSSR count). The van der Waals surface area contributed by atoms with Gasteiger partial charge in [0, 0.05) is 6.21 Å². The van der Waals surface area contributed by atoms with Crippen LogP contribution in [0.15, 0.2) is 40.5 Å². The monoisotopic (exact) mass is 354 g/mol. The highest BCUT2D eigenvalue weighted by atomic mass is 19.4. The van der Waals surface area contributed by atoms with Gasteiger partial charge in [0.1, 0.15) is 16.9 Å². The summed E-state index contributed by atoms with van der Waals surface area (Å²) in [6.45, 7) is 4.59. The van der Waals surface area contributed by atoms with E-state index in [-0.39, 0.29) is 5.95 Å². The summed E-state index contributed by atoms with van der Waals surface area (Å²) in [4.78, 5) is 22.8. The Labute approximate surface area is 141 Å². The van der Waals surface area contributed by atoms with Gasteiger partial charge in [-0.05, 0) is 32.9 Å². The lowest BCUT2D eigenvalue weighted by Crippen LogP contribution is -2.30. The maximum Gasteiger partial charge on any atom is 0.431 e. The van der Waals surface area contributed by atoms with E-state index in [0.29, 0.717) is 17.2 Å².